The van der Waals surface area contributed by atoms with Crippen LogP contribution in [0.2, 0.25) is 0 Å². The van der Waals surface area contributed by atoms with Crippen molar-refractivity contribution >= 4 is 51.8 Å². The summed E-state index contributed by atoms with van der Waals surface area (Å²) >= 11 is 7.89. The molecule has 1 aliphatic rings. The summed E-state index contributed by atoms with van der Waals surface area (Å²) in [4.78, 5) is 29.1. The number of rotatable bonds is 7. The van der Waals surface area contributed by atoms with Gasteiger partial charge in [0.15, 0.2) is 15.7 Å². The molecule has 0 spiro atoms. The van der Waals surface area contributed by atoms with Crippen LogP contribution in [-0.2, 0) is 17.8 Å². The molecule has 3 heterocycles. The zero-order valence-electron chi connectivity index (χ0n) is 14.1. The lowest BCUT2D eigenvalue weighted by Gasteiger charge is -2.06. The molecule has 27 heavy (non-hydrogen) atoms. The summed E-state index contributed by atoms with van der Waals surface area (Å²) in [5.41, 5.74) is 0.611. The average Bonchev–Trinajstić information content (AvgIpc) is 3.03. The predicted octanol–water partition coefficient (Wildman–Crippen LogP) is 2.90. The van der Waals surface area contributed by atoms with Gasteiger partial charge in [-0.1, -0.05) is 6.07 Å². The SMILES string of the molecule is O=C(Cc1csc(NC(=O)c2cccs2)n1)NCc1n[nH]c(=S)n1C1CC1. The molecule has 0 radical (unpaired) electrons. The number of carbonyl (C=O) groups excluding carboxylic acids is 2. The Balaban J connectivity index is 1.30. The first-order valence-electron chi connectivity index (χ1n) is 8.32. The lowest BCUT2D eigenvalue weighted by molar-refractivity contribution is -0.120. The van der Waals surface area contributed by atoms with Gasteiger partial charge in [0.25, 0.3) is 5.91 Å². The molecule has 0 aliphatic heterocycles. The highest BCUT2D eigenvalue weighted by atomic mass is 32.1. The Bertz CT molecular complexity index is 1020. The fourth-order valence-corrected chi connectivity index (χ4v) is 4.21. The number of thiazole rings is 1. The second kappa shape index (κ2) is 7.71. The van der Waals surface area contributed by atoms with Gasteiger partial charge >= 0.3 is 0 Å². The summed E-state index contributed by atoms with van der Waals surface area (Å²) in [6, 6.07) is 3.97. The van der Waals surface area contributed by atoms with Crippen LogP contribution < -0.4 is 10.6 Å². The predicted molar refractivity (Wildman–Crippen MR) is 106 cm³/mol. The first-order valence-corrected chi connectivity index (χ1v) is 10.5. The Morgan fingerprint density at radius 1 is 1.37 bits per heavy atom. The van der Waals surface area contributed by atoms with E-state index in [9.17, 15) is 9.59 Å². The zero-order chi connectivity index (χ0) is 18.8. The van der Waals surface area contributed by atoms with Gasteiger partial charge < -0.3 is 5.32 Å². The van der Waals surface area contributed by atoms with Gasteiger partial charge in [-0.25, -0.2) is 4.98 Å². The minimum atomic E-state index is -0.196. The van der Waals surface area contributed by atoms with Crippen LogP contribution in [0.3, 0.4) is 0 Å². The van der Waals surface area contributed by atoms with E-state index in [0.717, 1.165) is 18.7 Å². The van der Waals surface area contributed by atoms with E-state index in [2.05, 4.69) is 25.8 Å². The van der Waals surface area contributed by atoms with E-state index in [1.165, 1.54) is 22.7 Å². The van der Waals surface area contributed by atoms with E-state index >= 15 is 0 Å². The Morgan fingerprint density at radius 3 is 2.96 bits per heavy atom. The number of aromatic nitrogens is 4. The maximum atomic E-state index is 12.2. The second-order valence-electron chi connectivity index (χ2n) is 6.08. The monoisotopic (exact) mass is 420 g/mol. The van der Waals surface area contributed by atoms with E-state index in [1.54, 1.807) is 11.4 Å². The van der Waals surface area contributed by atoms with Crippen molar-refractivity contribution in [3.05, 3.63) is 44.1 Å². The van der Waals surface area contributed by atoms with Gasteiger partial charge in [0, 0.05) is 11.4 Å². The van der Waals surface area contributed by atoms with E-state index in [4.69, 9.17) is 12.2 Å². The van der Waals surface area contributed by atoms with Crippen LogP contribution in [0.4, 0.5) is 5.13 Å². The van der Waals surface area contributed by atoms with E-state index in [1.807, 2.05) is 16.0 Å². The van der Waals surface area contributed by atoms with E-state index in [-0.39, 0.29) is 18.2 Å². The molecule has 2 amide bonds. The lowest BCUT2D eigenvalue weighted by Crippen LogP contribution is -2.26. The molecule has 1 saturated carbocycles. The van der Waals surface area contributed by atoms with Gasteiger partial charge in [-0.3, -0.25) is 24.6 Å². The van der Waals surface area contributed by atoms with Crippen LogP contribution in [0.1, 0.15) is 40.1 Å². The Labute approximate surface area is 167 Å². The molecule has 0 bridgehead atoms. The normalized spacial score (nSPS) is 13.5. The Hall–Kier alpha value is -2.37. The molecule has 0 unspecified atom stereocenters. The highest BCUT2D eigenvalue weighted by Crippen LogP contribution is 2.35. The lowest BCUT2D eigenvalue weighted by atomic mass is 10.3. The summed E-state index contributed by atoms with van der Waals surface area (Å²) in [6.45, 7) is 0.314. The summed E-state index contributed by atoms with van der Waals surface area (Å²) in [6.07, 6.45) is 2.32. The van der Waals surface area contributed by atoms with E-state index < -0.39 is 0 Å². The average molecular weight is 421 g/mol. The van der Waals surface area contributed by atoms with Crippen LogP contribution in [0, 0.1) is 4.77 Å². The third kappa shape index (κ3) is 4.31. The summed E-state index contributed by atoms with van der Waals surface area (Å²) in [5.74, 6) is 0.379. The number of hydrogen-bond donors (Lipinski definition) is 3. The molecule has 3 aromatic rings. The van der Waals surface area contributed by atoms with Crippen molar-refractivity contribution in [3.8, 4) is 0 Å². The molecule has 4 rings (SSSR count). The minimum Gasteiger partial charge on any atom is -0.348 e. The Morgan fingerprint density at radius 2 is 2.22 bits per heavy atom. The molecule has 0 aromatic carbocycles. The summed E-state index contributed by atoms with van der Waals surface area (Å²) in [5, 5.41) is 16.6. The van der Waals surface area contributed by atoms with Crippen LogP contribution >= 0.6 is 34.9 Å². The molecular weight excluding hydrogens is 404 g/mol. The van der Waals surface area contributed by atoms with Gasteiger partial charge in [0.2, 0.25) is 5.91 Å². The van der Waals surface area contributed by atoms with Gasteiger partial charge in [-0.05, 0) is 36.5 Å². The Kier molecular flexibility index (Phi) is 5.14. The van der Waals surface area contributed by atoms with Gasteiger partial charge in [0.1, 0.15) is 0 Å². The number of thiophene rings is 1. The summed E-state index contributed by atoms with van der Waals surface area (Å²) in [7, 11) is 0. The number of nitrogens with zero attached hydrogens (tertiary/aromatic N) is 3. The third-order valence-corrected chi connectivity index (χ3v) is 5.96. The largest absolute Gasteiger partial charge is 0.348 e. The number of aromatic amines is 1. The maximum Gasteiger partial charge on any atom is 0.267 e. The number of carbonyl (C=O) groups is 2. The molecule has 3 aromatic heterocycles. The standard InChI is InChI=1S/C16H16N6O2S3/c23-13(17-7-12-20-21-16(25)22(12)10-3-4-10)6-9-8-27-15(18-9)19-14(24)11-2-1-5-26-11/h1-2,5,8,10H,3-4,6-7H2,(H,17,23)(H,21,25)(H,18,19,24). The van der Waals surface area contributed by atoms with Gasteiger partial charge in [-0.15, -0.1) is 22.7 Å². The first-order chi connectivity index (χ1) is 13.1. The van der Waals surface area contributed by atoms with Crippen LogP contribution in [0.15, 0.2) is 22.9 Å². The van der Waals surface area contributed by atoms with Crippen molar-refractivity contribution in [2.24, 2.45) is 0 Å². The molecule has 3 N–H and O–H groups in total. The smallest absolute Gasteiger partial charge is 0.267 e. The van der Waals surface area contributed by atoms with Gasteiger partial charge in [0.05, 0.1) is 23.5 Å². The zero-order valence-corrected chi connectivity index (χ0v) is 16.5. The van der Waals surface area contributed by atoms with Crippen molar-refractivity contribution in [2.45, 2.75) is 31.8 Å². The first kappa shape index (κ1) is 18.0. The van der Waals surface area contributed by atoms with Crippen LogP contribution in [0.25, 0.3) is 0 Å². The van der Waals surface area contributed by atoms with Crippen molar-refractivity contribution in [1.29, 1.82) is 0 Å². The second-order valence-corrected chi connectivity index (χ2v) is 8.27. The molecule has 0 atom stereocenters. The quantitative estimate of drug-likeness (QED) is 0.510. The number of anilines is 1. The number of H-pyrrole nitrogens is 1. The maximum absolute atomic E-state index is 12.2. The van der Waals surface area contributed by atoms with Crippen LogP contribution in [0.5, 0.6) is 0 Å². The molecular formula is C16H16N6O2S3. The van der Waals surface area contributed by atoms with Crippen molar-refractivity contribution in [2.75, 3.05) is 5.32 Å². The fourth-order valence-electron chi connectivity index (χ4n) is 2.59. The molecule has 11 heteroatoms. The van der Waals surface area contributed by atoms with Crippen LogP contribution in [-0.4, -0.2) is 31.6 Å². The number of nitrogens with one attached hydrogen (secondary N) is 3. The highest BCUT2D eigenvalue weighted by molar-refractivity contribution is 7.71. The topological polar surface area (TPSA) is 105 Å². The molecule has 140 valence electrons. The fraction of sp³-hybridized carbons (Fsp3) is 0.312. The van der Waals surface area contributed by atoms with Gasteiger partial charge in [-0.2, -0.15) is 5.10 Å². The summed E-state index contributed by atoms with van der Waals surface area (Å²) < 4.78 is 2.56. The van der Waals surface area contributed by atoms with Crippen molar-refractivity contribution < 1.29 is 9.59 Å². The van der Waals surface area contributed by atoms with Crippen molar-refractivity contribution in [3.63, 3.8) is 0 Å². The number of amides is 2. The molecule has 0 saturated heterocycles. The minimum absolute atomic E-state index is 0.139. The highest BCUT2D eigenvalue weighted by Gasteiger charge is 2.27. The van der Waals surface area contributed by atoms with Crippen molar-refractivity contribution in [1.82, 2.24) is 25.1 Å². The number of hydrogen-bond acceptors (Lipinski definition) is 7. The molecule has 1 aliphatic carbocycles. The third-order valence-electron chi connectivity index (χ3n) is 3.99. The molecule has 8 nitrogen and oxygen atoms in total. The van der Waals surface area contributed by atoms with E-state index in [0.29, 0.717) is 33.1 Å². The molecule has 1 fully saturated rings.